The highest BCUT2D eigenvalue weighted by molar-refractivity contribution is 6.02. The summed E-state index contributed by atoms with van der Waals surface area (Å²) in [7, 11) is 0. The first-order chi connectivity index (χ1) is 17.0. The van der Waals surface area contributed by atoms with Gasteiger partial charge in [0.15, 0.2) is 5.82 Å². The van der Waals surface area contributed by atoms with Crippen LogP contribution in [0.5, 0.6) is 0 Å². The van der Waals surface area contributed by atoms with Crippen molar-refractivity contribution in [3.05, 3.63) is 89.5 Å². The number of anilines is 1. The number of nitrogens with zero attached hydrogens (tertiary/aromatic N) is 3. The number of nitriles is 1. The number of hydrogen-bond acceptors (Lipinski definition) is 6. The lowest BCUT2D eigenvalue weighted by Crippen LogP contribution is -2.41. The van der Waals surface area contributed by atoms with Crippen molar-refractivity contribution in [3.63, 3.8) is 0 Å². The molecule has 0 atom stereocenters. The van der Waals surface area contributed by atoms with Gasteiger partial charge in [-0.25, -0.2) is 4.98 Å². The Balaban J connectivity index is 1.43. The molecule has 4 rings (SSSR count). The maximum Gasteiger partial charge on any atom is 0.447 e. The summed E-state index contributed by atoms with van der Waals surface area (Å²) < 4.78 is 39.0. The molecular formula is C25H17F3N4O4. The number of halogens is 3. The van der Waals surface area contributed by atoms with Gasteiger partial charge in [-0.2, -0.15) is 23.2 Å². The second-order valence-corrected chi connectivity index (χ2v) is 7.75. The van der Waals surface area contributed by atoms with E-state index in [0.717, 1.165) is 22.9 Å². The van der Waals surface area contributed by atoms with Gasteiger partial charge < -0.3 is 20.7 Å². The zero-order chi connectivity index (χ0) is 26.1. The molecule has 1 aromatic heterocycles. The van der Waals surface area contributed by atoms with Crippen molar-refractivity contribution in [1.82, 2.24) is 9.71 Å². The summed E-state index contributed by atoms with van der Waals surface area (Å²) in [5.41, 5.74) is 1.87. The van der Waals surface area contributed by atoms with Crippen LogP contribution >= 0.6 is 0 Å². The van der Waals surface area contributed by atoms with Gasteiger partial charge in [0, 0.05) is 22.9 Å². The zero-order valence-corrected chi connectivity index (χ0v) is 18.2. The van der Waals surface area contributed by atoms with Crippen molar-refractivity contribution >= 4 is 28.7 Å². The monoisotopic (exact) mass is 494 g/mol. The minimum absolute atomic E-state index is 0.251. The molecule has 1 heterocycles. The third-order valence-electron chi connectivity index (χ3n) is 5.31. The molecule has 4 aromatic rings. The maximum absolute atomic E-state index is 12.7. The average Bonchev–Trinajstić information content (AvgIpc) is 3.18. The predicted octanol–water partition coefficient (Wildman–Crippen LogP) is 4.16. The number of aromatic nitrogens is 2. The highest BCUT2D eigenvalue weighted by atomic mass is 19.4. The molecule has 4 N–H and O–H groups in total. The van der Waals surface area contributed by atoms with Crippen LogP contribution in [0, 0.1) is 11.3 Å². The van der Waals surface area contributed by atoms with Crippen LogP contribution in [0.15, 0.2) is 72.8 Å². The van der Waals surface area contributed by atoms with Crippen LogP contribution in [0.2, 0.25) is 0 Å². The quantitative estimate of drug-likeness (QED) is 0.187. The van der Waals surface area contributed by atoms with Crippen LogP contribution in [-0.2, 0) is 10.6 Å². The molecule has 0 fully saturated rings. The van der Waals surface area contributed by atoms with Gasteiger partial charge in [-0.3, -0.25) is 4.79 Å². The SMILES string of the molecule is N#Cc1ccc2nc(-c3ccc(NC(=O)/C=C/c4ccc(C(O)(O)C(F)(F)F)cc4)cc3)n(O)c2c1. The first-order valence-electron chi connectivity index (χ1n) is 10.3. The minimum Gasteiger partial charge on any atom is -0.426 e. The van der Waals surface area contributed by atoms with Crippen LogP contribution < -0.4 is 5.32 Å². The van der Waals surface area contributed by atoms with E-state index in [1.54, 1.807) is 36.4 Å². The van der Waals surface area contributed by atoms with E-state index < -0.39 is 23.4 Å². The van der Waals surface area contributed by atoms with Gasteiger partial charge in [0.2, 0.25) is 5.91 Å². The molecular weight excluding hydrogens is 477 g/mol. The number of nitrogens with one attached hydrogen (secondary N) is 1. The lowest BCUT2D eigenvalue weighted by molar-refractivity contribution is -0.358. The number of alkyl halides is 3. The van der Waals surface area contributed by atoms with Gasteiger partial charge in [0.05, 0.1) is 17.1 Å². The Kier molecular flexibility index (Phi) is 6.24. The number of aliphatic hydroxyl groups is 2. The summed E-state index contributed by atoms with van der Waals surface area (Å²) in [6.07, 6.45) is -2.75. The molecule has 0 spiro atoms. The number of hydrogen-bond donors (Lipinski definition) is 4. The molecule has 0 aliphatic heterocycles. The summed E-state index contributed by atoms with van der Waals surface area (Å²) in [5.74, 6) is -4.24. The molecule has 0 bridgehead atoms. The first kappa shape index (κ1) is 24.5. The van der Waals surface area contributed by atoms with E-state index in [9.17, 15) is 33.4 Å². The Morgan fingerprint density at radius 2 is 1.69 bits per heavy atom. The third-order valence-corrected chi connectivity index (χ3v) is 5.31. The summed E-state index contributed by atoms with van der Waals surface area (Å²) >= 11 is 0. The molecule has 3 aromatic carbocycles. The molecule has 1 amide bonds. The highest BCUT2D eigenvalue weighted by Crippen LogP contribution is 2.36. The van der Waals surface area contributed by atoms with Gasteiger partial charge in [-0.15, -0.1) is 0 Å². The predicted molar refractivity (Wildman–Crippen MR) is 123 cm³/mol. The summed E-state index contributed by atoms with van der Waals surface area (Å²) in [6.45, 7) is 0. The van der Waals surface area contributed by atoms with Crippen LogP contribution in [-0.4, -0.2) is 37.2 Å². The number of fused-ring (bicyclic) bond motifs is 1. The number of amides is 1. The van der Waals surface area contributed by atoms with Crippen LogP contribution in [0.1, 0.15) is 16.7 Å². The van der Waals surface area contributed by atoms with Crippen molar-refractivity contribution in [1.29, 1.82) is 5.26 Å². The van der Waals surface area contributed by atoms with Crippen LogP contribution in [0.25, 0.3) is 28.5 Å². The zero-order valence-electron chi connectivity index (χ0n) is 18.2. The van der Waals surface area contributed by atoms with E-state index in [4.69, 9.17) is 5.26 Å². The minimum atomic E-state index is -5.26. The Hall–Kier alpha value is -4.66. The molecule has 0 aliphatic rings. The van der Waals surface area contributed by atoms with Crippen molar-refractivity contribution in [2.45, 2.75) is 12.0 Å². The van der Waals surface area contributed by atoms with Crippen molar-refractivity contribution < 1.29 is 33.4 Å². The Morgan fingerprint density at radius 1 is 1.03 bits per heavy atom. The molecule has 0 aliphatic carbocycles. The van der Waals surface area contributed by atoms with Gasteiger partial charge >= 0.3 is 6.18 Å². The number of rotatable bonds is 5. The van der Waals surface area contributed by atoms with Crippen molar-refractivity contribution in [2.75, 3.05) is 5.32 Å². The molecule has 36 heavy (non-hydrogen) atoms. The lowest BCUT2D eigenvalue weighted by atomic mass is 10.0. The second kappa shape index (κ2) is 9.18. The second-order valence-electron chi connectivity index (χ2n) is 7.75. The highest BCUT2D eigenvalue weighted by Gasteiger charge is 2.54. The van der Waals surface area contributed by atoms with Gasteiger partial charge in [0.1, 0.15) is 5.52 Å². The van der Waals surface area contributed by atoms with Crippen molar-refractivity contribution in [3.8, 4) is 17.5 Å². The average molecular weight is 494 g/mol. The summed E-state index contributed by atoms with van der Waals surface area (Å²) in [5, 5.41) is 40.6. The fourth-order valence-corrected chi connectivity index (χ4v) is 3.37. The van der Waals surface area contributed by atoms with Crippen LogP contribution in [0.3, 0.4) is 0 Å². The largest absolute Gasteiger partial charge is 0.447 e. The van der Waals surface area contributed by atoms with E-state index in [-0.39, 0.29) is 5.82 Å². The summed E-state index contributed by atoms with van der Waals surface area (Å²) in [4.78, 5) is 16.6. The van der Waals surface area contributed by atoms with Crippen molar-refractivity contribution in [2.24, 2.45) is 0 Å². The summed E-state index contributed by atoms with van der Waals surface area (Å²) in [6, 6.07) is 17.4. The fraction of sp³-hybridized carbons (Fsp3) is 0.0800. The molecule has 0 unspecified atom stereocenters. The van der Waals surface area contributed by atoms with Crippen LogP contribution in [0.4, 0.5) is 18.9 Å². The molecule has 0 saturated carbocycles. The van der Waals surface area contributed by atoms with E-state index >= 15 is 0 Å². The third kappa shape index (κ3) is 4.76. The van der Waals surface area contributed by atoms with Gasteiger partial charge in [0.25, 0.3) is 5.79 Å². The van der Waals surface area contributed by atoms with E-state index in [2.05, 4.69) is 10.3 Å². The standard InChI is InChI=1S/C25H17F3N4O4/c26-25(27,28)24(34,35)18-7-1-15(2-8-18)4-12-22(33)30-19-9-5-17(6-10-19)23-31-20-11-3-16(14-29)13-21(20)32(23)36/h1-13,34-36H,(H,30,33)/b12-4+. The Bertz CT molecular complexity index is 1500. The fourth-order valence-electron chi connectivity index (χ4n) is 3.37. The molecule has 182 valence electrons. The lowest BCUT2D eigenvalue weighted by Gasteiger charge is -2.24. The normalized spacial score (nSPS) is 12.1. The maximum atomic E-state index is 12.7. The Labute approximate surface area is 201 Å². The van der Waals surface area contributed by atoms with E-state index in [1.807, 2.05) is 6.07 Å². The van der Waals surface area contributed by atoms with E-state index in [0.29, 0.717) is 33.4 Å². The molecule has 0 radical (unpaired) electrons. The molecule has 8 nitrogen and oxygen atoms in total. The topological polar surface area (TPSA) is 131 Å². The Morgan fingerprint density at radius 3 is 2.31 bits per heavy atom. The van der Waals surface area contributed by atoms with E-state index in [1.165, 1.54) is 24.3 Å². The smallest absolute Gasteiger partial charge is 0.426 e. The van der Waals surface area contributed by atoms with Gasteiger partial charge in [-0.1, -0.05) is 24.3 Å². The number of imidazole rings is 1. The molecule has 11 heteroatoms. The number of benzene rings is 3. The number of carbonyl (C=O) groups is 1. The number of carbonyl (C=O) groups excluding carboxylic acids is 1. The first-order valence-corrected chi connectivity index (χ1v) is 10.3. The molecule has 0 saturated heterocycles. The van der Waals surface area contributed by atoms with Gasteiger partial charge in [-0.05, 0) is 54.1 Å².